The van der Waals surface area contributed by atoms with Crippen LogP contribution in [0, 0.1) is 12.3 Å². The summed E-state index contributed by atoms with van der Waals surface area (Å²) in [5, 5.41) is 30.5. The maximum Gasteiger partial charge on any atom is 0.328 e. The van der Waals surface area contributed by atoms with E-state index in [9.17, 15) is 29.4 Å². The van der Waals surface area contributed by atoms with E-state index in [0.717, 1.165) is 0 Å². The number of rotatable bonds is 7. The molecule has 1 aromatic rings. The van der Waals surface area contributed by atoms with E-state index in [2.05, 4.69) is 4.98 Å². The Morgan fingerprint density at radius 1 is 1.33 bits per heavy atom. The molecule has 1 saturated carbocycles. The Morgan fingerprint density at radius 3 is 2.53 bits per heavy atom. The van der Waals surface area contributed by atoms with Gasteiger partial charge in [-0.2, -0.15) is 0 Å². The monoisotopic (exact) mass is 425 g/mol. The first-order chi connectivity index (χ1) is 13.7. The van der Waals surface area contributed by atoms with Gasteiger partial charge in [0.25, 0.3) is 5.56 Å². The summed E-state index contributed by atoms with van der Waals surface area (Å²) in [6.07, 6.45) is 0.767. The van der Waals surface area contributed by atoms with E-state index in [4.69, 9.17) is 5.11 Å². The van der Waals surface area contributed by atoms with Crippen molar-refractivity contribution in [2.75, 3.05) is 7.05 Å². The number of aromatic amines is 1. The molecule has 1 aliphatic rings. The van der Waals surface area contributed by atoms with Gasteiger partial charge in [0, 0.05) is 31.3 Å². The highest BCUT2D eigenvalue weighted by Crippen LogP contribution is 2.33. The molecule has 2 rings (SSSR count). The topological polar surface area (TPSA) is 153 Å². The number of aliphatic hydroxyl groups excluding tert-OH is 1. The predicted molar refractivity (Wildman–Crippen MR) is 108 cm³/mol. The molecule has 4 N–H and O–H groups in total. The number of nitrogens with zero attached hydrogens (tertiary/aromatic N) is 2. The first-order valence-electron chi connectivity index (χ1n) is 9.92. The summed E-state index contributed by atoms with van der Waals surface area (Å²) in [6, 6.07) is -0.317. The van der Waals surface area contributed by atoms with Crippen molar-refractivity contribution in [2.24, 2.45) is 5.41 Å². The van der Waals surface area contributed by atoms with E-state index in [-0.39, 0.29) is 44.2 Å². The summed E-state index contributed by atoms with van der Waals surface area (Å²) in [5.74, 6) is -1.20. The molecule has 0 spiro atoms. The fraction of sp³-hybridized carbons (Fsp3) is 0.700. The highest BCUT2D eigenvalue weighted by atomic mass is 16.4. The third-order valence-electron chi connectivity index (χ3n) is 5.86. The maximum atomic E-state index is 12.6. The Balaban J connectivity index is 2.06. The second kappa shape index (κ2) is 8.73. The number of carboxylic acids is 1. The van der Waals surface area contributed by atoms with Crippen LogP contribution in [0.5, 0.6) is 0 Å². The number of hydrogen-bond donors (Lipinski definition) is 4. The third kappa shape index (κ3) is 5.57. The predicted octanol–water partition coefficient (Wildman–Crippen LogP) is -0.161. The Bertz CT molecular complexity index is 920. The highest BCUT2D eigenvalue weighted by Gasteiger charge is 2.43. The zero-order chi connectivity index (χ0) is 22.9. The molecule has 30 heavy (non-hydrogen) atoms. The van der Waals surface area contributed by atoms with Crippen LogP contribution >= 0.6 is 0 Å². The molecule has 1 amide bonds. The molecule has 1 aliphatic carbocycles. The second-order valence-corrected chi connectivity index (χ2v) is 9.16. The van der Waals surface area contributed by atoms with Crippen molar-refractivity contribution < 1.29 is 24.9 Å². The number of nitrogens with one attached hydrogen (secondary N) is 1. The van der Waals surface area contributed by atoms with Crippen LogP contribution < -0.4 is 11.2 Å². The number of aliphatic hydroxyl groups is 2. The fourth-order valence-corrected chi connectivity index (χ4v) is 3.95. The molecular weight excluding hydrogens is 394 g/mol. The average Bonchev–Trinajstić information content (AvgIpc) is 2.60. The fourth-order valence-electron chi connectivity index (χ4n) is 3.95. The summed E-state index contributed by atoms with van der Waals surface area (Å²) in [4.78, 5) is 50.8. The largest absolute Gasteiger partial charge is 0.481 e. The van der Waals surface area contributed by atoms with Gasteiger partial charge in [-0.25, -0.2) is 4.79 Å². The van der Waals surface area contributed by atoms with Gasteiger partial charge in [-0.1, -0.05) is 13.8 Å². The Kier molecular flexibility index (Phi) is 6.93. The van der Waals surface area contributed by atoms with E-state index in [1.807, 2.05) is 0 Å². The van der Waals surface area contributed by atoms with Gasteiger partial charge in [0.15, 0.2) is 0 Å². The summed E-state index contributed by atoms with van der Waals surface area (Å²) < 4.78 is 1.17. The molecule has 1 fully saturated rings. The maximum absolute atomic E-state index is 12.6. The molecule has 3 atom stereocenters. The Hall–Kier alpha value is -2.46. The van der Waals surface area contributed by atoms with Crippen LogP contribution in [-0.2, 0) is 16.1 Å². The van der Waals surface area contributed by atoms with Crippen molar-refractivity contribution in [1.82, 2.24) is 14.5 Å². The zero-order valence-electron chi connectivity index (χ0n) is 17.8. The minimum absolute atomic E-state index is 0.0543. The Morgan fingerprint density at radius 2 is 1.97 bits per heavy atom. The number of carbonyl (C=O) groups is 2. The van der Waals surface area contributed by atoms with Gasteiger partial charge in [0.05, 0.1) is 19.1 Å². The first kappa shape index (κ1) is 23.8. The third-order valence-corrected chi connectivity index (χ3v) is 5.86. The van der Waals surface area contributed by atoms with E-state index < -0.39 is 34.3 Å². The molecule has 0 aromatic carbocycles. The van der Waals surface area contributed by atoms with E-state index in [1.54, 1.807) is 27.8 Å². The summed E-state index contributed by atoms with van der Waals surface area (Å²) >= 11 is 0. The van der Waals surface area contributed by atoms with Crippen molar-refractivity contribution in [2.45, 2.75) is 77.2 Å². The number of carboxylic acid groups (broad SMARTS) is 1. The second-order valence-electron chi connectivity index (χ2n) is 9.16. The Labute approximate surface area is 174 Å². The number of hydrogen-bond acceptors (Lipinski definition) is 6. The molecule has 0 bridgehead atoms. The number of carbonyl (C=O) groups excluding carboxylic acids is 1. The molecule has 0 radical (unpaired) electrons. The molecule has 168 valence electrons. The van der Waals surface area contributed by atoms with Gasteiger partial charge in [0.1, 0.15) is 5.60 Å². The van der Waals surface area contributed by atoms with Crippen molar-refractivity contribution in [3.05, 3.63) is 32.6 Å². The average molecular weight is 425 g/mol. The van der Waals surface area contributed by atoms with Crippen LogP contribution in [0.25, 0.3) is 0 Å². The highest BCUT2D eigenvalue weighted by molar-refractivity contribution is 5.78. The number of aromatic nitrogens is 2. The van der Waals surface area contributed by atoms with Crippen molar-refractivity contribution in [3.8, 4) is 0 Å². The lowest BCUT2D eigenvalue weighted by Crippen LogP contribution is -2.56. The molecular formula is C20H31N3O7. The van der Waals surface area contributed by atoms with Crippen molar-refractivity contribution in [3.63, 3.8) is 0 Å². The van der Waals surface area contributed by atoms with Crippen LogP contribution in [0.2, 0.25) is 0 Å². The van der Waals surface area contributed by atoms with Gasteiger partial charge in [-0.05, 0) is 31.6 Å². The van der Waals surface area contributed by atoms with Crippen LogP contribution in [0.15, 0.2) is 15.8 Å². The van der Waals surface area contributed by atoms with Gasteiger partial charge in [0.2, 0.25) is 5.91 Å². The molecule has 1 heterocycles. The zero-order valence-corrected chi connectivity index (χ0v) is 17.8. The van der Waals surface area contributed by atoms with Crippen LogP contribution in [0.1, 0.15) is 51.5 Å². The molecule has 0 aliphatic heterocycles. The SMILES string of the molecule is Cc1cn(C[C@]2(O)CC[C@H](N(C)C(=O)CC(C)(C)CC(=O)O)C[C@H]2O)c(=O)[nH]c1=O. The summed E-state index contributed by atoms with van der Waals surface area (Å²) in [6.45, 7) is 4.79. The summed E-state index contributed by atoms with van der Waals surface area (Å²) in [5.41, 5.74) is -3.12. The van der Waals surface area contributed by atoms with Crippen molar-refractivity contribution >= 4 is 11.9 Å². The van der Waals surface area contributed by atoms with Crippen LogP contribution in [-0.4, -0.2) is 66.4 Å². The quantitative estimate of drug-likeness (QED) is 0.473. The number of amides is 1. The van der Waals surface area contributed by atoms with Crippen molar-refractivity contribution in [1.29, 1.82) is 0 Å². The lowest BCUT2D eigenvalue weighted by molar-refractivity contribution is -0.146. The molecule has 0 unspecified atom stereocenters. The molecule has 1 aromatic heterocycles. The van der Waals surface area contributed by atoms with Gasteiger partial charge in [-0.3, -0.25) is 23.9 Å². The van der Waals surface area contributed by atoms with E-state index >= 15 is 0 Å². The van der Waals surface area contributed by atoms with Crippen LogP contribution in [0.3, 0.4) is 0 Å². The van der Waals surface area contributed by atoms with Gasteiger partial charge < -0.3 is 20.2 Å². The lowest BCUT2D eigenvalue weighted by Gasteiger charge is -2.43. The minimum atomic E-state index is -1.57. The van der Waals surface area contributed by atoms with Gasteiger partial charge in [-0.15, -0.1) is 0 Å². The number of H-pyrrole nitrogens is 1. The molecule has 10 nitrogen and oxygen atoms in total. The normalized spacial score (nSPS) is 24.5. The summed E-state index contributed by atoms with van der Waals surface area (Å²) in [7, 11) is 1.61. The smallest absolute Gasteiger partial charge is 0.328 e. The molecule has 10 heteroatoms. The standard InChI is InChI=1S/C20H31N3O7/c1-12-10-23(18(29)21-17(12)28)11-20(30)6-5-13(7-14(20)24)22(4)15(25)8-19(2,3)9-16(26)27/h10,13-14,24,30H,5-9,11H2,1-4H3,(H,26,27)(H,21,28,29)/t13-,14+,20+/m0/s1. The molecule has 0 saturated heterocycles. The van der Waals surface area contributed by atoms with Gasteiger partial charge >= 0.3 is 11.7 Å². The first-order valence-corrected chi connectivity index (χ1v) is 9.92. The van der Waals surface area contributed by atoms with E-state index in [1.165, 1.54) is 15.7 Å². The lowest BCUT2D eigenvalue weighted by atomic mass is 9.78. The number of aryl methyl sites for hydroxylation is 1. The van der Waals surface area contributed by atoms with Crippen LogP contribution in [0.4, 0.5) is 0 Å². The minimum Gasteiger partial charge on any atom is -0.481 e. The van der Waals surface area contributed by atoms with E-state index in [0.29, 0.717) is 12.0 Å². The number of aliphatic carboxylic acids is 1.